The lowest BCUT2D eigenvalue weighted by Crippen LogP contribution is -2.12. The number of benzene rings is 1. The molecule has 1 aromatic carbocycles. The molecule has 0 unspecified atom stereocenters. The summed E-state index contributed by atoms with van der Waals surface area (Å²) < 4.78 is 53.4. The Kier molecular flexibility index (Phi) is 3.81. The molecule has 2 aromatic rings. The Morgan fingerprint density at radius 1 is 1.18 bits per heavy atom. The van der Waals surface area contributed by atoms with E-state index in [0.717, 1.165) is 6.07 Å². The maximum absolute atomic E-state index is 14.2. The molecule has 1 aromatic heterocycles. The number of hydrogen-bond acceptors (Lipinski definition) is 5. The lowest BCUT2D eigenvalue weighted by molar-refractivity contribution is -0.137. The summed E-state index contributed by atoms with van der Waals surface area (Å²) >= 11 is 5.53. The van der Waals surface area contributed by atoms with Crippen LogP contribution in [0.5, 0.6) is 0 Å². The number of rotatable bonds is 1. The van der Waals surface area contributed by atoms with Crippen LogP contribution in [0, 0.1) is 17.1 Å². The molecule has 0 bridgehead atoms. The van der Waals surface area contributed by atoms with Crippen molar-refractivity contribution in [2.75, 3.05) is 11.5 Å². The molecule has 0 spiro atoms. The largest absolute Gasteiger partial charge is 0.417 e. The number of aromatic nitrogens is 2. The third kappa shape index (κ3) is 2.60. The molecule has 5 nitrogen and oxygen atoms in total. The van der Waals surface area contributed by atoms with Crippen molar-refractivity contribution >= 4 is 23.4 Å². The molecule has 0 saturated carbocycles. The van der Waals surface area contributed by atoms with Gasteiger partial charge in [-0.2, -0.15) is 23.4 Å². The number of halogens is 5. The third-order valence-corrected chi connectivity index (χ3v) is 3.00. The van der Waals surface area contributed by atoms with Crippen LogP contribution in [0.3, 0.4) is 0 Å². The van der Waals surface area contributed by atoms with E-state index < -0.39 is 51.2 Å². The maximum atomic E-state index is 14.2. The molecule has 1 heterocycles. The van der Waals surface area contributed by atoms with Crippen LogP contribution in [-0.4, -0.2) is 9.97 Å². The van der Waals surface area contributed by atoms with Crippen LogP contribution in [0.2, 0.25) is 5.02 Å². The van der Waals surface area contributed by atoms with E-state index in [2.05, 4.69) is 9.97 Å². The first kappa shape index (κ1) is 15.8. The maximum Gasteiger partial charge on any atom is 0.417 e. The van der Waals surface area contributed by atoms with Crippen LogP contribution in [0.25, 0.3) is 11.3 Å². The van der Waals surface area contributed by atoms with Crippen LogP contribution in [0.15, 0.2) is 12.1 Å². The molecule has 0 fully saturated rings. The monoisotopic (exact) mass is 331 g/mol. The Morgan fingerprint density at radius 2 is 1.82 bits per heavy atom. The van der Waals surface area contributed by atoms with Gasteiger partial charge in [0.05, 0.1) is 21.8 Å². The normalized spacial score (nSPS) is 11.3. The second kappa shape index (κ2) is 5.31. The summed E-state index contributed by atoms with van der Waals surface area (Å²) in [5, 5.41) is 8.45. The van der Waals surface area contributed by atoms with Crippen LogP contribution < -0.4 is 11.5 Å². The smallest absolute Gasteiger partial charge is 0.382 e. The van der Waals surface area contributed by atoms with Gasteiger partial charge in [-0.05, 0) is 12.1 Å². The van der Waals surface area contributed by atoms with Crippen molar-refractivity contribution in [1.29, 1.82) is 5.26 Å². The Hall–Kier alpha value is -2.60. The molecule has 2 rings (SSSR count). The van der Waals surface area contributed by atoms with Crippen molar-refractivity contribution in [1.82, 2.24) is 9.97 Å². The van der Waals surface area contributed by atoms with E-state index in [1.807, 2.05) is 0 Å². The third-order valence-electron chi connectivity index (χ3n) is 2.70. The van der Waals surface area contributed by atoms with Gasteiger partial charge in [-0.3, -0.25) is 0 Å². The summed E-state index contributed by atoms with van der Waals surface area (Å²) in [5.74, 6) is -2.35. The number of nitrogen functional groups attached to an aromatic ring is 2. The first-order chi connectivity index (χ1) is 10.2. The van der Waals surface area contributed by atoms with Gasteiger partial charge in [0.15, 0.2) is 5.82 Å². The molecule has 0 aliphatic rings. The second-order valence-corrected chi connectivity index (χ2v) is 4.49. The van der Waals surface area contributed by atoms with E-state index in [1.54, 1.807) is 0 Å². The van der Waals surface area contributed by atoms with Gasteiger partial charge in [-0.15, -0.1) is 0 Å². The Balaban J connectivity index is 2.95. The number of alkyl halides is 3. The van der Waals surface area contributed by atoms with Gasteiger partial charge < -0.3 is 11.5 Å². The minimum absolute atomic E-state index is 0.461. The molecule has 114 valence electrons. The highest BCUT2D eigenvalue weighted by Crippen LogP contribution is 2.41. The zero-order valence-corrected chi connectivity index (χ0v) is 11.3. The topological polar surface area (TPSA) is 102 Å². The number of nitriles is 1. The van der Waals surface area contributed by atoms with E-state index in [0.29, 0.717) is 6.07 Å². The standard InChI is InChI=1S/C12H6ClF4N5/c13-6-2-1-5(12(15,16)17)7(8(6)14)9-4(3-18)10(19)22-11(20)21-9/h1-2H,(H4,19,20,21,22). The molecule has 10 heteroatoms. The van der Waals surface area contributed by atoms with Gasteiger partial charge in [0, 0.05) is 0 Å². The van der Waals surface area contributed by atoms with Crippen molar-refractivity contribution in [3.63, 3.8) is 0 Å². The SMILES string of the molecule is N#Cc1c(N)nc(N)nc1-c1c(C(F)(F)F)ccc(Cl)c1F. The lowest BCUT2D eigenvalue weighted by atomic mass is 9.99. The minimum atomic E-state index is -4.90. The molecular weight excluding hydrogens is 326 g/mol. The van der Waals surface area contributed by atoms with E-state index >= 15 is 0 Å². The van der Waals surface area contributed by atoms with Crippen LogP contribution >= 0.6 is 11.6 Å². The summed E-state index contributed by atoms with van der Waals surface area (Å²) in [7, 11) is 0. The van der Waals surface area contributed by atoms with Gasteiger partial charge in [0.2, 0.25) is 5.95 Å². The van der Waals surface area contributed by atoms with Crippen LogP contribution in [0.4, 0.5) is 29.3 Å². The average Bonchev–Trinajstić information content (AvgIpc) is 2.39. The summed E-state index contributed by atoms with van der Waals surface area (Å²) in [4.78, 5) is 6.98. The van der Waals surface area contributed by atoms with Gasteiger partial charge in [0.1, 0.15) is 17.5 Å². The second-order valence-electron chi connectivity index (χ2n) is 4.08. The minimum Gasteiger partial charge on any atom is -0.382 e. The molecule has 4 N–H and O–H groups in total. The predicted octanol–water partition coefficient (Wildman–Crippen LogP) is 2.99. The van der Waals surface area contributed by atoms with Crippen molar-refractivity contribution in [2.24, 2.45) is 0 Å². The molecule has 0 atom stereocenters. The zero-order chi connectivity index (χ0) is 16.7. The zero-order valence-electron chi connectivity index (χ0n) is 10.5. The number of hydrogen-bond donors (Lipinski definition) is 2. The highest BCUT2D eigenvalue weighted by Gasteiger charge is 2.37. The van der Waals surface area contributed by atoms with Crippen molar-refractivity contribution in [3.8, 4) is 17.3 Å². The van der Waals surface area contributed by atoms with Gasteiger partial charge in [-0.1, -0.05) is 11.6 Å². The van der Waals surface area contributed by atoms with Gasteiger partial charge in [0.25, 0.3) is 0 Å². The van der Waals surface area contributed by atoms with E-state index in [9.17, 15) is 17.6 Å². The summed E-state index contributed by atoms with van der Waals surface area (Å²) in [6, 6.07) is 2.87. The fourth-order valence-corrected chi connectivity index (χ4v) is 1.96. The molecular formula is C12H6ClF4N5. The van der Waals surface area contributed by atoms with E-state index in [4.69, 9.17) is 28.3 Å². The van der Waals surface area contributed by atoms with Crippen molar-refractivity contribution in [2.45, 2.75) is 6.18 Å². The van der Waals surface area contributed by atoms with Crippen LogP contribution in [-0.2, 0) is 6.18 Å². The lowest BCUT2D eigenvalue weighted by Gasteiger charge is -2.15. The summed E-state index contributed by atoms with van der Waals surface area (Å²) in [5.41, 5.74) is 7.19. The molecule has 0 saturated heterocycles. The predicted molar refractivity (Wildman–Crippen MR) is 71.0 cm³/mol. The highest BCUT2D eigenvalue weighted by atomic mass is 35.5. The Labute approximate surface area is 126 Å². The van der Waals surface area contributed by atoms with E-state index in [1.165, 1.54) is 6.07 Å². The fourth-order valence-electron chi connectivity index (χ4n) is 1.81. The number of anilines is 2. The first-order valence-corrected chi connectivity index (χ1v) is 5.93. The Bertz CT molecular complexity index is 798. The molecule has 0 radical (unpaired) electrons. The molecule has 0 aliphatic heterocycles. The summed E-state index contributed by atoms with van der Waals surface area (Å²) in [6.45, 7) is 0. The number of nitrogens with zero attached hydrogens (tertiary/aromatic N) is 3. The molecule has 0 aliphatic carbocycles. The fraction of sp³-hybridized carbons (Fsp3) is 0.0833. The average molecular weight is 332 g/mol. The van der Waals surface area contributed by atoms with Crippen molar-refractivity contribution < 1.29 is 17.6 Å². The van der Waals surface area contributed by atoms with Gasteiger partial charge in [-0.25, -0.2) is 9.37 Å². The summed E-state index contributed by atoms with van der Waals surface area (Å²) in [6.07, 6.45) is -4.90. The molecule has 0 amide bonds. The van der Waals surface area contributed by atoms with Crippen LogP contribution in [0.1, 0.15) is 11.1 Å². The van der Waals surface area contributed by atoms with E-state index in [-0.39, 0.29) is 0 Å². The Morgan fingerprint density at radius 3 is 2.36 bits per heavy atom. The quantitative estimate of drug-likeness (QED) is 0.782. The molecule has 22 heavy (non-hydrogen) atoms. The highest BCUT2D eigenvalue weighted by molar-refractivity contribution is 6.31. The number of nitrogens with two attached hydrogens (primary N) is 2. The van der Waals surface area contributed by atoms with Gasteiger partial charge >= 0.3 is 6.18 Å². The van der Waals surface area contributed by atoms with Crippen molar-refractivity contribution in [3.05, 3.63) is 34.1 Å². The first-order valence-electron chi connectivity index (χ1n) is 5.55.